The first-order valence-corrected chi connectivity index (χ1v) is 14.0. The van der Waals surface area contributed by atoms with E-state index < -0.39 is 23.6 Å². The molecule has 1 saturated heterocycles. The first-order valence-electron chi connectivity index (χ1n) is 14.0. The number of ether oxygens (including phenoxy) is 4. The summed E-state index contributed by atoms with van der Waals surface area (Å²) in [6.45, 7) is 2.64. The Morgan fingerprint density at radius 2 is 1.44 bits per heavy atom. The molecule has 1 fully saturated rings. The Morgan fingerprint density at radius 1 is 0.860 bits per heavy atom. The lowest BCUT2D eigenvalue weighted by Crippen LogP contribution is -2.55. The van der Waals surface area contributed by atoms with Crippen LogP contribution in [0.15, 0.2) is 97.2 Å². The molecule has 0 spiro atoms. The van der Waals surface area contributed by atoms with Crippen molar-refractivity contribution in [2.75, 3.05) is 18.1 Å². The third-order valence-corrected chi connectivity index (χ3v) is 7.67. The minimum Gasteiger partial charge on any atom is -0.380 e. The molecule has 2 aromatic heterocycles. The van der Waals surface area contributed by atoms with Crippen molar-refractivity contribution in [1.29, 1.82) is 0 Å². The maximum Gasteiger partial charge on any atom is 0.244 e. The lowest BCUT2D eigenvalue weighted by molar-refractivity contribution is -0.294. The summed E-state index contributed by atoms with van der Waals surface area (Å²) in [6.07, 6.45) is -0.106. The molecule has 11 nitrogen and oxygen atoms in total. The zero-order chi connectivity index (χ0) is 29.9. The second kappa shape index (κ2) is 12.1. The zero-order valence-electron chi connectivity index (χ0n) is 23.7. The van der Waals surface area contributed by atoms with E-state index in [9.17, 15) is 5.11 Å². The van der Waals surface area contributed by atoms with Crippen LogP contribution < -0.4 is 11.5 Å². The normalized spacial score (nSPS) is 23.6. The highest BCUT2D eigenvalue weighted by atomic mass is 16.7. The molecule has 0 saturated carbocycles. The smallest absolute Gasteiger partial charge is 0.244 e. The topological polar surface area (TPSA) is 152 Å². The summed E-state index contributed by atoms with van der Waals surface area (Å²) in [5, 5.41) is 16.9. The van der Waals surface area contributed by atoms with E-state index in [0.717, 1.165) is 16.7 Å². The van der Waals surface area contributed by atoms with E-state index in [1.54, 1.807) is 6.92 Å². The number of aliphatic hydroxyl groups is 1. The van der Waals surface area contributed by atoms with Crippen LogP contribution in [-0.4, -0.2) is 49.1 Å². The zero-order valence-corrected chi connectivity index (χ0v) is 23.7. The quantitative estimate of drug-likeness (QED) is 0.211. The second-order valence-electron chi connectivity index (χ2n) is 10.6. The van der Waals surface area contributed by atoms with Gasteiger partial charge in [-0.2, -0.15) is 4.98 Å². The molecule has 0 amide bonds. The largest absolute Gasteiger partial charge is 0.380 e. The Kier molecular flexibility index (Phi) is 8.06. The SMILES string of the molecule is C[C@@]1(OCc2ccccc2)[C@H](OCc2ccccc2)[C@@H](COCc2ccccc2)O[C@@]1(O)c1cnc2c(N)nc(N)nn12. The van der Waals surface area contributed by atoms with E-state index in [4.69, 9.17) is 30.4 Å². The summed E-state index contributed by atoms with van der Waals surface area (Å²) in [4.78, 5) is 8.37. The maximum atomic E-state index is 12.6. The summed E-state index contributed by atoms with van der Waals surface area (Å²) in [5.74, 6) is -2.14. The van der Waals surface area contributed by atoms with Crippen LogP contribution in [0.25, 0.3) is 5.65 Å². The summed E-state index contributed by atoms with van der Waals surface area (Å²) in [6, 6.07) is 29.3. The van der Waals surface area contributed by atoms with Gasteiger partial charge in [0.05, 0.1) is 32.6 Å². The molecule has 5 N–H and O–H groups in total. The molecule has 43 heavy (non-hydrogen) atoms. The summed E-state index contributed by atoms with van der Waals surface area (Å²) >= 11 is 0. The number of nitrogen functional groups attached to an aromatic ring is 2. The van der Waals surface area contributed by atoms with Crippen LogP contribution in [0.3, 0.4) is 0 Å². The molecule has 0 unspecified atom stereocenters. The van der Waals surface area contributed by atoms with Gasteiger partial charge in [0.25, 0.3) is 0 Å². The Hall–Kier alpha value is -4.39. The van der Waals surface area contributed by atoms with Gasteiger partial charge in [0.2, 0.25) is 11.7 Å². The molecular formula is C32H34N6O5. The van der Waals surface area contributed by atoms with Gasteiger partial charge in [-0.3, -0.25) is 0 Å². The highest BCUT2D eigenvalue weighted by molar-refractivity contribution is 5.61. The van der Waals surface area contributed by atoms with E-state index >= 15 is 0 Å². The lowest BCUT2D eigenvalue weighted by atomic mass is 9.87. The third kappa shape index (κ3) is 5.68. The number of nitrogens with two attached hydrogens (primary N) is 2. The van der Waals surface area contributed by atoms with E-state index in [1.165, 1.54) is 10.7 Å². The fraction of sp³-hybridized carbons (Fsp3) is 0.281. The minimum atomic E-state index is -2.11. The van der Waals surface area contributed by atoms with Gasteiger partial charge in [-0.05, 0) is 23.6 Å². The molecule has 5 aromatic rings. The summed E-state index contributed by atoms with van der Waals surface area (Å²) in [7, 11) is 0. The Morgan fingerprint density at radius 3 is 2.07 bits per heavy atom. The van der Waals surface area contributed by atoms with Gasteiger partial charge in [-0.15, -0.1) is 5.10 Å². The number of benzene rings is 3. The number of imidazole rings is 1. The van der Waals surface area contributed by atoms with Crippen LogP contribution in [0.1, 0.15) is 29.3 Å². The first-order chi connectivity index (χ1) is 20.9. The van der Waals surface area contributed by atoms with Crippen molar-refractivity contribution >= 4 is 17.4 Å². The molecule has 222 valence electrons. The second-order valence-corrected chi connectivity index (χ2v) is 10.6. The lowest BCUT2D eigenvalue weighted by Gasteiger charge is -2.39. The number of aromatic nitrogens is 4. The van der Waals surface area contributed by atoms with E-state index in [1.807, 2.05) is 91.0 Å². The van der Waals surface area contributed by atoms with Crippen LogP contribution in [-0.2, 0) is 44.6 Å². The molecule has 0 aliphatic carbocycles. The van der Waals surface area contributed by atoms with Gasteiger partial charge in [0.15, 0.2) is 17.1 Å². The van der Waals surface area contributed by atoms with Crippen molar-refractivity contribution in [2.24, 2.45) is 0 Å². The monoisotopic (exact) mass is 582 g/mol. The fourth-order valence-corrected chi connectivity index (χ4v) is 5.41. The van der Waals surface area contributed by atoms with Crippen LogP contribution in [0.4, 0.5) is 11.8 Å². The standard InChI is InChI=1S/C32H34N6O5/c1-31(42-20-24-15-9-4-10-16-24)27(41-19-23-13-7-3-8-14-23)25(21-40-18-22-11-5-2-6-12-22)43-32(31,39)26-17-35-29-28(33)36-30(34)37-38(26)29/h2-17,25,27,39H,18-21H2,1H3,(H4,33,34,36,37)/t25-,27-,31-,32+/m1/s1. The molecule has 4 atom stereocenters. The van der Waals surface area contributed by atoms with Crippen LogP contribution >= 0.6 is 0 Å². The average Bonchev–Trinajstić information content (AvgIpc) is 3.54. The predicted molar refractivity (Wildman–Crippen MR) is 159 cm³/mol. The fourth-order valence-electron chi connectivity index (χ4n) is 5.41. The minimum absolute atomic E-state index is 0.0619. The van der Waals surface area contributed by atoms with Crippen LogP contribution in [0.5, 0.6) is 0 Å². The highest BCUT2D eigenvalue weighted by Gasteiger charge is 2.67. The molecule has 1 aliphatic heterocycles. The highest BCUT2D eigenvalue weighted by Crippen LogP contribution is 2.49. The Labute approximate surface area is 249 Å². The molecule has 6 rings (SSSR count). The predicted octanol–water partition coefficient (Wildman–Crippen LogP) is 3.61. The number of anilines is 2. The molecule has 3 aromatic carbocycles. The number of fused-ring (bicyclic) bond motifs is 1. The van der Waals surface area contributed by atoms with Gasteiger partial charge < -0.3 is 35.5 Å². The third-order valence-electron chi connectivity index (χ3n) is 7.67. The molecular weight excluding hydrogens is 548 g/mol. The Balaban J connectivity index is 1.39. The summed E-state index contributed by atoms with van der Waals surface area (Å²) < 4.78 is 27.1. The maximum absolute atomic E-state index is 12.6. The van der Waals surface area contributed by atoms with Crippen LogP contribution in [0.2, 0.25) is 0 Å². The van der Waals surface area contributed by atoms with E-state index in [0.29, 0.717) is 6.61 Å². The van der Waals surface area contributed by atoms with Gasteiger partial charge in [-0.25, -0.2) is 9.50 Å². The van der Waals surface area contributed by atoms with Gasteiger partial charge in [0, 0.05) is 0 Å². The van der Waals surface area contributed by atoms with Crippen molar-refractivity contribution in [3.05, 3.63) is 120 Å². The van der Waals surface area contributed by atoms with Crippen molar-refractivity contribution in [1.82, 2.24) is 19.6 Å². The van der Waals surface area contributed by atoms with Crippen molar-refractivity contribution in [3.8, 4) is 0 Å². The first kappa shape index (κ1) is 28.7. The molecule has 3 heterocycles. The molecule has 1 aliphatic rings. The van der Waals surface area contributed by atoms with Crippen molar-refractivity contribution in [2.45, 2.75) is 50.3 Å². The molecule has 11 heteroatoms. The number of rotatable bonds is 11. The van der Waals surface area contributed by atoms with E-state index in [-0.39, 0.29) is 42.9 Å². The number of hydrogen-bond acceptors (Lipinski definition) is 10. The molecule has 0 radical (unpaired) electrons. The van der Waals surface area contributed by atoms with E-state index in [2.05, 4.69) is 15.1 Å². The van der Waals surface area contributed by atoms with Gasteiger partial charge >= 0.3 is 0 Å². The van der Waals surface area contributed by atoms with Gasteiger partial charge in [-0.1, -0.05) is 91.0 Å². The van der Waals surface area contributed by atoms with Crippen molar-refractivity contribution in [3.63, 3.8) is 0 Å². The van der Waals surface area contributed by atoms with Crippen LogP contribution in [0, 0.1) is 0 Å². The van der Waals surface area contributed by atoms with Gasteiger partial charge in [0.1, 0.15) is 17.9 Å². The Bertz CT molecular complexity index is 1660. The van der Waals surface area contributed by atoms with Crippen molar-refractivity contribution < 1.29 is 24.1 Å². The number of nitrogens with zero attached hydrogens (tertiary/aromatic N) is 4. The number of hydrogen-bond donors (Lipinski definition) is 3. The molecule has 0 bridgehead atoms. The average molecular weight is 583 g/mol. The summed E-state index contributed by atoms with van der Waals surface area (Å²) in [5.41, 5.74) is 13.8.